The molecule has 0 spiro atoms. The Labute approximate surface area is 126 Å². The molecule has 0 bridgehead atoms. The van der Waals surface area contributed by atoms with Crippen LogP contribution in [0.4, 0.5) is 5.69 Å². The number of aliphatic hydroxyl groups is 1. The summed E-state index contributed by atoms with van der Waals surface area (Å²) in [6.07, 6.45) is 5.02. The molecular formula is C17H24N2O2. The highest BCUT2D eigenvalue weighted by atomic mass is 16.3. The number of nitrogens with zero attached hydrogens (tertiary/aromatic N) is 2. The third kappa shape index (κ3) is 4.33. The van der Waals surface area contributed by atoms with Crippen LogP contribution < -0.4 is 4.90 Å². The monoisotopic (exact) mass is 288 g/mol. The van der Waals surface area contributed by atoms with Crippen molar-refractivity contribution in [3.8, 4) is 0 Å². The number of benzene rings is 1. The molecule has 1 heterocycles. The molecule has 1 aliphatic rings. The van der Waals surface area contributed by atoms with Gasteiger partial charge in [-0.15, -0.1) is 0 Å². The molecule has 4 heteroatoms. The molecule has 1 N–H and O–H groups in total. The molecule has 1 aliphatic heterocycles. The molecule has 0 saturated carbocycles. The molecule has 2 rings (SSSR count). The van der Waals surface area contributed by atoms with Crippen LogP contribution in [0.2, 0.25) is 0 Å². The number of carbonyl (C=O) groups excluding carboxylic acids is 1. The molecule has 21 heavy (non-hydrogen) atoms. The van der Waals surface area contributed by atoms with E-state index in [2.05, 4.69) is 0 Å². The highest BCUT2D eigenvalue weighted by molar-refractivity contribution is 5.92. The van der Waals surface area contributed by atoms with Crippen molar-refractivity contribution in [1.82, 2.24) is 4.90 Å². The van der Waals surface area contributed by atoms with Crippen molar-refractivity contribution in [2.45, 2.75) is 25.4 Å². The summed E-state index contributed by atoms with van der Waals surface area (Å²) >= 11 is 0. The average Bonchev–Trinajstić information content (AvgIpc) is 2.44. The first-order valence-corrected chi connectivity index (χ1v) is 7.34. The second-order valence-electron chi connectivity index (χ2n) is 6.18. The number of carbonyl (C=O) groups is 1. The van der Waals surface area contributed by atoms with E-state index in [9.17, 15) is 9.90 Å². The SMILES string of the molecule is CN(C)c1ccc(/C=C/C(=O)N2CCCC(C)(O)C2)cc1. The molecule has 1 saturated heterocycles. The lowest BCUT2D eigenvalue weighted by molar-refractivity contribution is -0.132. The van der Waals surface area contributed by atoms with Crippen molar-refractivity contribution < 1.29 is 9.90 Å². The van der Waals surface area contributed by atoms with E-state index in [1.54, 1.807) is 17.9 Å². The Hall–Kier alpha value is -1.81. The number of likely N-dealkylation sites (tertiary alicyclic amines) is 1. The Morgan fingerprint density at radius 3 is 2.57 bits per heavy atom. The highest BCUT2D eigenvalue weighted by Gasteiger charge is 2.29. The van der Waals surface area contributed by atoms with Gasteiger partial charge >= 0.3 is 0 Å². The predicted molar refractivity (Wildman–Crippen MR) is 86.2 cm³/mol. The van der Waals surface area contributed by atoms with Gasteiger partial charge < -0.3 is 14.9 Å². The van der Waals surface area contributed by atoms with Gasteiger partial charge in [0.2, 0.25) is 5.91 Å². The van der Waals surface area contributed by atoms with Gasteiger partial charge in [-0.2, -0.15) is 0 Å². The number of hydrogen-bond acceptors (Lipinski definition) is 3. The van der Waals surface area contributed by atoms with Crippen LogP contribution in [0.15, 0.2) is 30.3 Å². The fraction of sp³-hybridized carbons (Fsp3) is 0.471. The number of rotatable bonds is 3. The minimum Gasteiger partial charge on any atom is -0.388 e. The van der Waals surface area contributed by atoms with Crippen molar-refractivity contribution in [2.24, 2.45) is 0 Å². The molecule has 0 aromatic heterocycles. The Morgan fingerprint density at radius 2 is 2.00 bits per heavy atom. The lowest BCUT2D eigenvalue weighted by Gasteiger charge is -2.36. The van der Waals surface area contributed by atoms with Crippen LogP contribution in [0.1, 0.15) is 25.3 Å². The quantitative estimate of drug-likeness (QED) is 0.867. The maximum atomic E-state index is 12.2. The van der Waals surface area contributed by atoms with E-state index in [1.165, 1.54) is 0 Å². The smallest absolute Gasteiger partial charge is 0.246 e. The summed E-state index contributed by atoms with van der Waals surface area (Å²) < 4.78 is 0. The molecule has 0 radical (unpaired) electrons. The van der Waals surface area contributed by atoms with E-state index < -0.39 is 5.60 Å². The van der Waals surface area contributed by atoms with Gasteiger partial charge in [-0.05, 0) is 43.5 Å². The van der Waals surface area contributed by atoms with Gasteiger partial charge in [0.15, 0.2) is 0 Å². The van der Waals surface area contributed by atoms with Crippen molar-refractivity contribution in [3.05, 3.63) is 35.9 Å². The van der Waals surface area contributed by atoms with Gasteiger partial charge in [-0.1, -0.05) is 12.1 Å². The molecule has 0 aliphatic carbocycles. The van der Waals surface area contributed by atoms with Gasteiger partial charge in [0.1, 0.15) is 0 Å². The fourth-order valence-electron chi connectivity index (χ4n) is 2.56. The standard InChI is InChI=1S/C17H24N2O2/c1-17(21)11-4-12-19(13-17)16(20)10-7-14-5-8-15(9-6-14)18(2)3/h5-10,21H,4,11-13H2,1-3H3/b10-7+. The number of β-amino-alcohol motifs (C(OH)–C–C–N with tert-alkyl or cyclic N) is 1. The van der Waals surface area contributed by atoms with Crippen LogP contribution in [0, 0.1) is 0 Å². The fourth-order valence-corrected chi connectivity index (χ4v) is 2.56. The van der Waals surface area contributed by atoms with E-state index in [0.717, 1.165) is 30.6 Å². The number of anilines is 1. The summed E-state index contributed by atoms with van der Waals surface area (Å²) in [7, 11) is 3.99. The van der Waals surface area contributed by atoms with Crippen LogP contribution in [0.3, 0.4) is 0 Å². The van der Waals surface area contributed by atoms with Gasteiger partial charge in [0, 0.05) is 38.9 Å². The number of piperidine rings is 1. The second-order valence-corrected chi connectivity index (χ2v) is 6.18. The first kappa shape index (κ1) is 15.6. The van der Waals surface area contributed by atoms with Crippen molar-refractivity contribution in [3.63, 3.8) is 0 Å². The van der Waals surface area contributed by atoms with Crippen LogP contribution >= 0.6 is 0 Å². The van der Waals surface area contributed by atoms with Crippen molar-refractivity contribution in [1.29, 1.82) is 0 Å². The Morgan fingerprint density at radius 1 is 1.33 bits per heavy atom. The lowest BCUT2D eigenvalue weighted by atomic mass is 9.95. The van der Waals surface area contributed by atoms with E-state index in [4.69, 9.17) is 0 Å². The minimum absolute atomic E-state index is 0.0355. The lowest BCUT2D eigenvalue weighted by Crippen LogP contribution is -2.48. The first-order chi connectivity index (χ1) is 9.87. The molecule has 1 unspecified atom stereocenters. The van der Waals surface area contributed by atoms with Crippen LogP contribution in [0.25, 0.3) is 6.08 Å². The van der Waals surface area contributed by atoms with Crippen LogP contribution in [-0.4, -0.2) is 48.7 Å². The summed E-state index contributed by atoms with van der Waals surface area (Å²) in [6, 6.07) is 8.03. The minimum atomic E-state index is -0.755. The third-order valence-corrected chi connectivity index (χ3v) is 3.81. The Kier molecular flexibility index (Phi) is 4.68. The Bertz CT molecular complexity index is 518. The largest absolute Gasteiger partial charge is 0.388 e. The summed E-state index contributed by atoms with van der Waals surface area (Å²) in [5.74, 6) is -0.0355. The summed E-state index contributed by atoms with van der Waals surface area (Å²) in [5, 5.41) is 10.0. The van der Waals surface area contributed by atoms with Crippen LogP contribution in [0.5, 0.6) is 0 Å². The molecule has 114 valence electrons. The van der Waals surface area contributed by atoms with E-state index >= 15 is 0 Å². The summed E-state index contributed by atoms with van der Waals surface area (Å²) in [4.78, 5) is 15.9. The molecule has 1 aromatic carbocycles. The topological polar surface area (TPSA) is 43.8 Å². The van der Waals surface area contributed by atoms with Crippen molar-refractivity contribution in [2.75, 3.05) is 32.1 Å². The maximum absolute atomic E-state index is 12.2. The average molecular weight is 288 g/mol. The molecule has 4 nitrogen and oxygen atoms in total. The third-order valence-electron chi connectivity index (χ3n) is 3.81. The van der Waals surface area contributed by atoms with Gasteiger partial charge in [-0.25, -0.2) is 0 Å². The molecule has 1 atom stereocenters. The second kappa shape index (κ2) is 6.31. The van der Waals surface area contributed by atoms with Gasteiger partial charge in [0.05, 0.1) is 5.60 Å². The van der Waals surface area contributed by atoms with Crippen molar-refractivity contribution >= 4 is 17.7 Å². The van der Waals surface area contributed by atoms with Gasteiger partial charge in [-0.3, -0.25) is 4.79 Å². The van der Waals surface area contributed by atoms with E-state index in [-0.39, 0.29) is 5.91 Å². The molecule has 1 fully saturated rings. The zero-order valence-corrected chi connectivity index (χ0v) is 13.0. The number of hydrogen-bond donors (Lipinski definition) is 1. The Balaban J connectivity index is 1.98. The summed E-state index contributed by atoms with van der Waals surface area (Å²) in [6.45, 7) is 2.92. The highest BCUT2D eigenvalue weighted by Crippen LogP contribution is 2.20. The summed E-state index contributed by atoms with van der Waals surface area (Å²) in [5.41, 5.74) is 1.37. The first-order valence-electron chi connectivity index (χ1n) is 7.34. The normalized spacial score (nSPS) is 22.6. The maximum Gasteiger partial charge on any atom is 0.246 e. The molecule has 1 aromatic rings. The number of amides is 1. The molecule has 1 amide bonds. The zero-order chi connectivity index (χ0) is 15.5. The van der Waals surface area contributed by atoms with Crippen LogP contribution in [-0.2, 0) is 4.79 Å². The zero-order valence-electron chi connectivity index (χ0n) is 13.0. The predicted octanol–water partition coefficient (Wildman–Crippen LogP) is 2.14. The molecular weight excluding hydrogens is 264 g/mol. The van der Waals surface area contributed by atoms with E-state index in [0.29, 0.717) is 6.54 Å². The van der Waals surface area contributed by atoms with E-state index in [1.807, 2.05) is 49.3 Å². The van der Waals surface area contributed by atoms with Gasteiger partial charge in [0.25, 0.3) is 0 Å².